The van der Waals surface area contributed by atoms with Gasteiger partial charge in [0.2, 0.25) is 10.0 Å². The quantitative estimate of drug-likeness (QED) is 0.572. The first kappa shape index (κ1) is 22.5. The first-order valence-electron chi connectivity index (χ1n) is 8.40. The summed E-state index contributed by atoms with van der Waals surface area (Å²) in [5.41, 5.74) is 1.47. The van der Waals surface area contributed by atoms with Crippen molar-refractivity contribution in [3.05, 3.63) is 58.1 Å². The number of benzene rings is 2. The maximum atomic E-state index is 12.3. The van der Waals surface area contributed by atoms with Crippen molar-refractivity contribution in [2.24, 2.45) is 0 Å². The number of anilines is 1. The van der Waals surface area contributed by atoms with Crippen LogP contribution in [0.1, 0.15) is 36.7 Å². The number of sulfonamides is 1. The van der Waals surface area contributed by atoms with Crippen LogP contribution < -0.4 is 15.4 Å². The van der Waals surface area contributed by atoms with Crippen LogP contribution in [0.4, 0.5) is 5.69 Å². The summed E-state index contributed by atoms with van der Waals surface area (Å²) in [6, 6.07) is 11.4. The Morgan fingerprint density at radius 2 is 1.68 bits per heavy atom. The van der Waals surface area contributed by atoms with Crippen LogP contribution in [-0.2, 0) is 10.0 Å². The zero-order chi connectivity index (χ0) is 21.1. The Morgan fingerprint density at radius 1 is 1.07 bits per heavy atom. The van der Waals surface area contributed by atoms with E-state index in [1.807, 2.05) is 13.0 Å². The SMILES string of the molecule is Cc1ccc(C(=O)NC(=S)Nc2ccc(S(=O)(=O)NC(C)(C)C)cc2)cc1Br. The highest BCUT2D eigenvalue weighted by Crippen LogP contribution is 2.18. The first-order chi connectivity index (χ1) is 12.9. The lowest BCUT2D eigenvalue weighted by atomic mass is 10.1. The van der Waals surface area contributed by atoms with E-state index >= 15 is 0 Å². The number of thiocarbonyl (C=S) groups is 1. The lowest BCUT2D eigenvalue weighted by Gasteiger charge is -2.20. The minimum Gasteiger partial charge on any atom is -0.332 e. The van der Waals surface area contributed by atoms with Gasteiger partial charge in [-0.05, 0) is 81.9 Å². The van der Waals surface area contributed by atoms with E-state index in [1.54, 1.807) is 45.0 Å². The molecule has 2 rings (SSSR count). The standard InChI is InChI=1S/C19H22BrN3O3S2/c1-12-5-6-13(11-16(12)20)17(24)22-18(27)21-14-7-9-15(10-8-14)28(25,26)23-19(2,3)4/h5-11,23H,1-4H3,(H2,21,22,24,27). The van der Waals surface area contributed by atoms with Gasteiger partial charge in [0.15, 0.2) is 5.11 Å². The molecule has 0 bridgehead atoms. The van der Waals surface area contributed by atoms with Crippen molar-refractivity contribution < 1.29 is 13.2 Å². The van der Waals surface area contributed by atoms with Gasteiger partial charge in [0, 0.05) is 21.3 Å². The van der Waals surface area contributed by atoms with Crippen molar-refractivity contribution in [1.29, 1.82) is 0 Å². The number of amides is 1. The van der Waals surface area contributed by atoms with Crippen LogP contribution in [-0.4, -0.2) is 25.0 Å². The van der Waals surface area contributed by atoms with Gasteiger partial charge in [-0.2, -0.15) is 0 Å². The molecule has 0 aliphatic heterocycles. The Morgan fingerprint density at radius 3 is 2.21 bits per heavy atom. The number of carbonyl (C=O) groups excluding carboxylic acids is 1. The van der Waals surface area contributed by atoms with Gasteiger partial charge in [0.1, 0.15) is 0 Å². The largest absolute Gasteiger partial charge is 0.332 e. The van der Waals surface area contributed by atoms with Gasteiger partial charge in [-0.3, -0.25) is 10.1 Å². The van der Waals surface area contributed by atoms with Gasteiger partial charge in [-0.1, -0.05) is 22.0 Å². The first-order valence-corrected chi connectivity index (χ1v) is 11.1. The molecule has 0 saturated heterocycles. The second-order valence-electron chi connectivity index (χ2n) is 7.25. The normalized spacial score (nSPS) is 11.8. The third kappa shape index (κ3) is 6.37. The van der Waals surface area contributed by atoms with E-state index in [0.717, 1.165) is 10.0 Å². The lowest BCUT2D eigenvalue weighted by molar-refractivity contribution is 0.0977. The molecule has 0 unspecified atom stereocenters. The molecule has 0 radical (unpaired) electrons. The Bertz CT molecular complexity index is 998. The van der Waals surface area contributed by atoms with Gasteiger partial charge >= 0.3 is 0 Å². The van der Waals surface area contributed by atoms with E-state index in [4.69, 9.17) is 12.2 Å². The molecule has 28 heavy (non-hydrogen) atoms. The van der Waals surface area contributed by atoms with Crippen LogP contribution in [0.3, 0.4) is 0 Å². The van der Waals surface area contributed by atoms with Gasteiger partial charge in [0.05, 0.1) is 4.90 Å². The number of carbonyl (C=O) groups is 1. The lowest BCUT2D eigenvalue weighted by Crippen LogP contribution is -2.40. The third-order valence-corrected chi connectivity index (χ3v) is 6.36. The van der Waals surface area contributed by atoms with Crippen LogP contribution in [0.15, 0.2) is 51.8 Å². The number of hydrogen-bond acceptors (Lipinski definition) is 4. The monoisotopic (exact) mass is 483 g/mol. The highest BCUT2D eigenvalue weighted by molar-refractivity contribution is 9.10. The van der Waals surface area contributed by atoms with Crippen molar-refractivity contribution in [3.63, 3.8) is 0 Å². The molecule has 3 N–H and O–H groups in total. The van der Waals surface area contributed by atoms with Crippen molar-refractivity contribution in [1.82, 2.24) is 10.0 Å². The Kier molecular flexibility index (Phi) is 6.97. The van der Waals surface area contributed by atoms with Crippen LogP contribution in [0.5, 0.6) is 0 Å². The zero-order valence-electron chi connectivity index (χ0n) is 16.0. The molecular weight excluding hydrogens is 462 g/mol. The molecule has 0 spiro atoms. The summed E-state index contributed by atoms with van der Waals surface area (Å²) in [5.74, 6) is -0.341. The number of hydrogen-bond donors (Lipinski definition) is 3. The Labute approximate surface area is 179 Å². The molecule has 0 atom stereocenters. The summed E-state index contributed by atoms with van der Waals surface area (Å²) in [6.45, 7) is 7.25. The molecule has 2 aromatic rings. The minimum absolute atomic E-state index is 0.116. The molecule has 6 nitrogen and oxygen atoms in total. The topological polar surface area (TPSA) is 87.3 Å². The molecule has 0 aromatic heterocycles. The molecule has 0 saturated carbocycles. The summed E-state index contributed by atoms with van der Waals surface area (Å²) < 4.78 is 28.1. The van der Waals surface area contributed by atoms with E-state index in [2.05, 4.69) is 31.3 Å². The summed E-state index contributed by atoms with van der Waals surface area (Å²) in [6.07, 6.45) is 0. The van der Waals surface area contributed by atoms with E-state index < -0.39 is 15.6 Å². The predicted octanol–water partition coefficient (Wildman–Crippen LogP) is 3.96. The van der Waals surface area contributed by atoms with Gasteiger partial charge in [-0.15, -0.1) is 0 Å². The van der Waals surface area contributed by atoms with E-state index in [-0.39, 0.29) is 15.9 Å². The highest BCUT2D eigenvalue weighted by atomic mass is 79.9. The molecule has 1 amide bonds. The van der Waals surface area contributed by atoms with Crippen LogP contribution in [0, 0.1) is 6.92 Å². The number of halogens is 1. The maximum absolute atomic E-state index is 12.3. The summed E-state index contributed by atoms with van der Waals surface area (Å²) in [4.78, 5) is 12.4. The second kappa shape index (κ2) is 8.69. The van der Waals surface area contributed by atoms with Crippen LogP contribution >= 0.6 is 28.1 Å². The molecule has 9 heteroatoms. The van der Waals surface area contributed by atoms with Gasteiger partial charge in [-0.25, -0.2) is 13.1 Å². The molecular formula is C19H22BrN3O3S2. The van der Waals surface area contributed by atoms with E-state index in [1.165, 1.54) is 12.1 Å². The Balaban J connectivity index is 2.02. The molecule has 150 valence electrons. The van der Waals surface area contributed by atoms with Crippen LogP contribution in [0.25, 0.3) is 0 Å². The average molecular weight is 484 g/mol. The second-order valence-corrected chi connectivity index (χ2v) is 10.2. The molecule has 0 aliphatic carbocycles. The molecule has 0 heterocycles. The summed E-state index contributed by atoms with van der Waals surface area (Å²) in [7, 11) is -3.61. The van der Waals surface area contributed by atoms with E-state index in [0.29, 0.717) is 11.3 Å². The van der Waals surface area contributed by atoms with Crippen molar-refractivity contribution in [2.75, 3.05) is 5.32 Å². The number of nitrogens with one attached hydrogen (secondary N) is 3. The number of rotatable bonds is 4. The van der Waals surface area contributed by atoms with Gasteiger partial charge < -0.3 is 5.32 Å². The zero-order valence-corrected chi connectivity index (χ0v) is 19.2. The molecule has 0 aliphatic rings. The number of aryl methyl sites for hydroxylation is 1. The van der Waals surface area contributed by atoms with Crippen molar-refractivity contribution >= 4 is 54.9 Å². The highest BCUT2D eigenvalue weighted by Gasteiger charge is 2.21. The van der Waals surface area contributed by atoms with Gasteiger partial charge in [0.25, 0.3) is 5.91 Å². The average Bonchev–Trinajstić information content (AvgIpc) is 2.55. The summed E-state index contributed by atoms with van der Waals surface area (Å²) >= 11 is 8.56. The molecule has 2 aromatic carbocycles. The smallest absolute Gasteiger partial charge is 0.257 e. The Hall–Kier alpha value is -1.81. The van der Waals surface area contributed by atoms with Crippen LogP contribution in [0.2, 0.25) is 0 Å². The summed E-state index contributed by atoms with van der Waals surface area (Å²) in [5, 5.41) is 5.58. The van der Waals surface area contributed by atoms with E-state index in [9.17, 15) is 13.2 Å². The maximum Gasteiger partial charge on any atom is 0.257 e. The molecule has 0 fully saturated rings. The fraction of sp³-hybridized carbons (Fsp3) is 0.263. The third-order valence-electron chi connectivity index (χ3n) is 3.52. The fourth-order valence-electron chi connectivity index (χ4n) is 2.25. The van der Waals surface area contributed by atoms with Crippen molar-refractivity contribution in [3.8, 4) is 0 Å². The minimum atomic E-state index is -3.61. The predicted molar refractivity (Wildman–Crippen MR) is 119 cm³/mol. The fourth-order valence-corrected chi connectivity index (χ4v) is 4.26. The van der Waals surface area contributed by atoms with Crippen molar-refractivity contribution in [2.45, 2.75) is 38.1 Å².